The summed E-state index contributed by atoms with van der Waals surface area (Å²) in [7, 11) is 0. The third-order valence-corrected chi connectivity index (χ3v) is 2.81. The van der Waals surface area contributed by atoms with Gasteiger partial charge in [0.2, 0.25) is 0 Å². The van der Waals surface area contributed by atoms with Gasteiger partial charge in [0.1, 0.15) is 5.82 Å². The van der Waals surface area contributed by atoms with Gasteiger partial charge >= 0.3 is 12.0 Å². The Morgan fingerprint density at radius 2 is 2.05 bits per heavy atom. The molecule has 0 saturated carbocycles. The molecule has 110 valence electrons. The standard InChI is InChI=1S/C14H19FN2O3/c1-4-7-17(9(2)3)14(20)16-12-6-5-10(13(18)19)8-11(12)15/h5-6,8-9H,4,7H2,1-3H3,(H,16,20)(H,18,19). The van der Waals surface area contributed by atoms with Crippen molar-refractivity contribution in [2.24, 2.45) is 0 Å². The van der Waals surface area contributed by atoms with Crippen molar-refractivity contribution in [3.05, 3.63) is 29.6 Å². The van der Waals surface area contributed by atoms with Gasteiger partial charge in [-0.3, -0.25) is 0 Å². The van der Waals surface area contributed by atoms with Gasteiger partial charge in [-0.25, -0.2) is 14.0 Å². The topological polar surface area (TPSA) is 69.6 Å². The molecule has 0 fully saturated rings. The van der Waals surface area contributed by atoms with Crippen LogP contribution in [0.25, 0.3) is 0 Å². The molecular weight excluding hydrogens is 263 g/mol. The van der Waals surface area contributed by atoms with Crippen LogP contribution in [0.3, 0.4) is 0 Å². The molecule has 2 N–H and O–H groups in total. The fourth-order valence-electron chi connectivity index (χ4n) is 1.77. The molecule has 2 amide bonds. The summed E-state index contributed by atoms with van der Waals surface area (Å²) < 4.78 is 13.7. The Balaban J connectivity index is 2.87. The summed E-state index contributed by atoms with van der Waals surface area (Å²) in [6, 6.07) is 2.99. The number of anilines is 1. The lowest BCUT2D eigenvalue weighted by Crippen LogP contribution is -2.40. The number of carbonyl (C=O) groups is 2. The van der Waals surface area contributed by atoms with Crippen LogP contribution in [0, 0.1) is 5.82 Å². The number of hydrogen-bond donors (Lipinski definition) is 2. The van der Waals surface area contributed by atoms with Crippen LogP contribution in [-0.2, 0) is 0 Å². The monoisotopic (exact) mass is 282 g/mol. The Morgan fingerprint density at radius 3 is 2.50 bits per heavy atom. The van der Waals surface area contributed by atoms with E-state index < -0.39 is 17.8 Å². The van der Waals surface area contributed by atoms with Crippen molar-refractivity contribution in [1.82, 2.24) is 4.90 Å². The Morgan fingerprint density at radius 1 is 1.40 bits per heavy atom. The summed E-state index contributed by atoms with van der Waals surface area (Å²) in [4.78, 5) is 24.3. The van der Waals surface area contributed by atoms with Gasteiger partial charge in [0.05, 0.1) is 11.3 Å². The molecule has 0 aromatic heterocycles. The molecule has 0 aliphatic rings. The Bertz CT molecular complexity index is 503. The molecule has 20 heavy (non-hydrogen) atoms. The fraction of sp³-hybridized carbons (Fsp3) is 0.429. The van der Waals surface area contributed by atoms with Crippen LogP contribution >= 0.6 is 0 Å². The normalized spacial score (nSPS) is 10.4. The minimum Gasteiger partial charge on any atom is -0.478 e. The zero-order valence-corrected chi connectivity index (χ0v) is 11.8. The number of carbonyl (C=O) groups excluding carboxylic acids is 1. The van der Waals surface area contributed by atoms with E-state index in [-0.39, 0.29) is 17.3 Å². The van der Waals surface area contributed by atoms with Crippen molar-refractivity contribution in [2.75, 3.05) is 11.9 Å². The minimum atomic E-state index is -1.21. The molecule has 6 heteroatoms. The number of rotatable bonds is 5. The van der Waals surface area contributed by atoms with E-state index >= 15 is 0 Å². The molecule has 5 nitrogen and oxygen atoms in total. The van der Waals surface area contributed by atoms with Crippen molar-refractivity contribution in [1.29, 1.82) is 0 Å². The number of halogens is 1. The molecule has 0 heterocycles. The summed E-state index contributed by atoms with van der Waals surface area (Å²) in [6.07, 6.45) is 0.798. The van der Waals surface area contributed by atoms with Crippen molar-refractivity contribution < 1.29 is 19.1 Å². The zero-order valence-electron chi connectivity index (χ0n) is 11.8. The quantitative estimate of drug-likeness (QED) is 0.871. The van der Waals surface area contributed by atoms with Gasteiger partial charge < -0.3 is 15.3 Å². The summed E-state index contributed by atoms with van der Waals surface area (Å²) in [5, 5.41) is 11.2. The first kappa shape index (κ1) is 15.9. The second-order valence-corrected chi connectivity index (χ2v) is 4.72. The lowest BCUT2D eigenvalue weighted by atomic mass is 10.2. The first-order chi connectivity index (χ1) is 9.36. The SMILES string of the molecule is CCCN(C(=O)Nc1ccc(C(=O)O)cc1F)C(C)C. The number of amides is 2. The highest BCUT2D eigenvalue weighted by molar-refractivity contribution is 5.92. The average molecular weight is 282 g/mol. The largest absolute Gasteiger partial charge is 0.478 e. The van der Waals surface area contributed by atoms with Crippen molar-refractivity contribution >= 4 is 17.7 Å². The van der Waals surface area contributed by atoms with E-state index in [4.69, 9.17) is 5.11 Å². The molecule has 0 saturated heterocycles. The highest BCUT2D eigenvalue weighted by atomic mass is 19.1. The Hall–Kier alpha value is -2.11. The Kier molecular flexibility index (Phi) is 5.49. The minimum absolute atomic E-state index is 0.00342. The van der Waals surface area contributed by atoms with Gasteiger partial charge in [0.25, 0.3) is 0 Å². The van der Waals surface area contributed by atoms with Crippen LogP contribution in [0.15, 0.2) is 18.2 Å². The van der Waals surface area contributed by atoms with E-state index in [2.05, 4.69) is 5.32 Å². The van der Waals surface area contributed by atoms with E-state index in [1.54, 1.807) is 4.90 Å². The van der Waals surface area contributed by atoms with Gasteiger partial charge in [-0.05, 0) is 38.5 Å². The number of nitrogens with zero attached hydrogens (tertiary/aromatic N) is 1. The van der Waals surface area contributed by atoms with Gasteiger partial charge in [-0.2, -0.15) is 0 Å². The fourth-order valence-corrected chi connectivity index (χ4v) is 1.77. The molecule has 0 radical (unpaired) electrons. The van der Waals surface area contributed by atoms with Gasteiger partial charge in [0, 0.05) is 12.6 Å². The third kappa shape index (κ3) is 3.94. The number of benzene rings is 1. The van der Waals surface area contributed by atoms with E-state index in [1.807, 2.05) is 20.8 Å². The number of nitrogens with one attached hydrogen (secondary N) is 1. The highest BCUT2D eigenvalue weighted by Gasteiger charge is 2.17. The highest BCUT2D eigenvalue weighted by Crippen LogP contribution is 2.17. The number of aromatic carboxylic acids is 1. The van der Waals surface area contributed by atoms with Crippen molar-refractivity contribution in [2.45, 2.75) is 33.2 Å². The lowest BCUT2D eigenvalue weighted by molar-refractivity contribution is 0.0696. The van der Waals surface area contributed by atoms with Crippen LogP contribution in [0.2, 0.25) is 0 Å². The van der Waals surface area contributed by atoms with Crippen LogP contribution in [0.4, 0.5) is 14.9 Å². The number of hydrogen-bond acceptors (Lipinski definition) is 2. The maximum absolute atomic E-state index is 13.7. The predicted octanol–water partition coefficient (Wildman–Crippen LogP) is 3.18. The van der Waals surface area contributed by atoms with E-state index in [9.17, 15) is 14.0 Å². The van der Waals surface area contributed by atoms with Crippen LogP contribution in [0.1, 0.15) is 37.6 Å². The maximum Gasteiger partial charge on any atom is 0.335 e. The molecule has 1 aromatic rings. The molecule has 0 unspecified atom stereocenters. The van der Waals surface area contributed by atoms with Crippen molar-refractivity contribution in [3.63, 3.8) is 0 Å². The molecule has 0 atom stereocenters. The maximum atomic E-state index is 13.7. The molecule has 0 aliphatic carbocycles. The lowest BCUT2D eigenvalue weighted by Gasteiger charge is -2.26. The van der Waals surface area contributed by atoms with Gasteiger partial charge in [0.15, 0.2) is 0 Å². The summed E-state index contributed by atoms with van der Waals surface area (Å²) in [6.45, 7) is 6.27. The third-order valence-electron chi connectivity index (χ3n) is 2.81. The summed E-state index contributed by atoms with van der Waals surface area (Å²) in [5.41, 5.74) is -0.184. The molecule has 0 aliphatic heterocycles. The zero-order chi connectivity index (χ0) is 15.3. The number of carboxylic acid groups (broad SMARTS) is 1. The predicted molar refractivity (Wildman–Crippen MR) is 74.5 cm³/mol. The Labute approximate surface area is 117 Å². The van der Waals surface area contributed by atoms with Crippen molar-refractivity contribution in [3.8, 4) is 0 Å². The van der Waals surface area contributed by atoms with Crippen LogP contribution < -0.4 is 5.32 Å². The van der Waals surface area contributed by atoms with E-state index in [1.165, 1.54) is 12.1 Å². The molecular formula is C14H19FN2O3. The van der Waals surface area contributed by atoms with Gasteiger partial charge in [-0.15, -0.1) is 0 Å². The molecule has 1 rings (SSSR count). The second-order valence-electron chi connectivity index (χ2n) is 4.72. The number of carboxylic acids is 1. The molecule has 0 spiro atoms. The van der Waals surface area contributed by atoms with Crippen LogP contribution in [0.5, 0.6) is 0 Å². The molecule has 1 aromatic carbocycles. The molecule has 0 bridgehead atoms. The van der Waals surface area contributed by atoms with Crippen LogP contribution in [-0.4, -0.2) is 34.6 Å². The van der Waals surface area contributed by atoms with Gasteiger partial charge in [-0.1, -0.05) is 6.92 Å². The first-order valence-corrected chi connectivity index (χ1v) is 6.47. The van der Waals surface area contributed by atoms with E-state index in [0.717, 1.165) is 12.5 Å². The smallest absolute Gasteiger partial charge is 0.335 e. The van der Waals surface area contributed by atoms with E-state index in [0.29, 0.717) is 6.54 Å². The average Bonchev–Trinajstić information content (AvgIpc) is 2.37. The second kappa shape index (κ2) is 6.88. The summed E-state index contributed by atoms with van der Waals surface area (Å²) >= 11 is 0. The first-order valence-electron chi connectivity index (χ1n) is 6.47. The summed E-state index contributed by atoms with van der Waals surface area (Å²) in [5.74, 6) is -1.98. The number of urea groups is 1.